The quantitative estimate of drug-likeness (QED) is 0.184. The topological polar surface area (TPSA) is 25.8 Å². The maximum absolute atomic E-state index is 8.11. The minimum Gasteiger partial charge on any atom is -0.305 e. The first kappa shape index (κ1) is 18.3. The van der Waals surface area contributed by atoms with Crippen LogP contribution >= 0.6 is 11.3 Å². The summed E-state index contributed by atoms with van der Waals surface area (Å²) in [5.41, 5.74) is 4.07. The molecule has 0 bridgehead atoms. The number of rotatable bonds is 2. The van der Waals surface area contributed by atoms with Crippen molar-refractivity contribution in [1.29, 1.82) is 0 Å². The van der Waals surface area contributed by atoms with Crippen molar-refractivity contribution in [2.45, 2.75) is 6.92 Å². The average Bonchev–Trinajstić information content (AvgIpc) is 3.30. The van der Waals surface area contributed by atoms with E-state index in [2.05, 4.69) is 28.2 Å². The Morgan fingerprint density at radius 3 is 2.52 bits per heavy atom. The van der Waals surface area contributed by atoms with Crippen molar-refractivity contribution in [3.63, 3.8) is 0 Å². The van der Waals surface area contributed by atoms with Crippen LogP contribution in [0, 0.1) is 19.1 Å². The van der Waals surface area contributed by atoms with Gasteiger partial charge in [-0.2, -0.15) is 11.3 Å². The Morgan fingerprint density at radius 1 is 0.818 bits per heavy atom. The number of fused-ring (bicyclic) bond motifs is 3. The maximum Gasteiger partial charge on any atom is 0.0830 e. The van der Waals surface area contributed by atoms with Crippen LogP contribution < -0.4 is 0 Å². The van der Waals surface area contributed by atoms with Gasteiger partial charge in [-0.15, -0.1) is 59.7 Å². The predicted octanol–water partition coefficient (Wildman–Crippen LogP) is 7.77. The number of aryl methyl sites for hydroxylation is 1. The van der Waals surface area contributed by atoms with Crippen LogP contribution in [0.4, 0.5) is 0 Å². The first-order chi connectivity index (χ1) is 17.4. The van der Waals surface area contributed by atoms with Crippen LogP contribution in [0.25, 0.3) is 42.7 Å². The third-order valence-corrected chi connectivity index (χ3v) is 6.14. The van der Waals surface area contributed by atoms with Crippen molar-refractivity contribution < 1.29 is 25.6 Å². The molecule has 0 unspecified atom stereocenters. The zero-order valence-electron chi connectivity index (χ0n) is 21.6. The Morgan fingerprint density at radius 2 is 1.70 bits per heavy atom. The molecule has 3 aromatic carbocycles. The number of hydrogen-bond donors (Lipinski definition) is 0. The number of aromatic nitrogens is 2. The summed E-state index contributed by atoms with van der Waals surface area (Å²) in [5.74, 6) is 0. The second-order valence-electron chi connectivity index (χ2n) is 7.14. The van der Waals surface area contributed by atoms with Gasteiger partial charge in [-0.3, -0.25) is 0 Å². The number of hydrogen-bond acceptors (Lipinski definition) is 3. The van der Waals surface area contributed by atoms with E-state index in [1.807, 2.05) is 73.8 Å². The van der Waals surface area contributed by atoms with Crippen LogP contribution in [0.5, 0.6) is 0 Å². The summed E-state index contributed by atoms with van der Waals surface area (Å²) in [4.78, 5) is 8.39. The van der Waals surface area contributed by atoms with E-state index in [4.69, 9.17) is 5.48 Å². The first-order valence-corrected chi connectivity index (χ1v) is 10.9. The van der Waals surface area contributed by atoms with Gasteiger partial charge in [0.05, 0.1) is 5.48 Å². The van der Waals surface area contributed by atoms with Crippen LogP contribution in [0.15, 0.2) is 103 Å². The molecule has 0 spiro atoms. The van der Waals surface area contributed by atoms with Crippen molar-refractivity contribution in [3.8, 4) is 22.5 Å². The number of nitrogens with zero attached hydrogens (tertiary/aromatic N) is 2. The third kappa shape index (κ3) is 5.09. The molecule has 4 heteroatoms. The van der Waals surface area contributed by atoms with Gasteiger partial charge in [0.25, 0.3) is 0 Å². The summed E-state index contributed by atoms with van der Waals surface area (Å²) in [5, 5.41) is 2.18. The van der Waals surface area contributed by atoms with Crippen LogP contribution in [-0.2, 0) is 20.1 Å². The Balaban J connectivity index is 0.000000195. The molecule has 0 aliphatic rings. The minimum absolute atomic E-state index is 0. The van der Waals surface area contributed by atoms with Crippen LogP contribution in [0.1, 0.15) is 11.0 Å². The van der Waals surface area contributed by atoms with Crippen LogP contribution in [0.2, 0.25) is 0 Å². The van der Waals surface area contributed by atoms with Crippen molar-refractivity contribution in [2.24, 2.45) is 0 Å². The Kier molecular flexibility index (Phi) is 5.89. The molecule has 2 nitrogen and oxygen atoms in total. The molecular weight excluding hydrogens is 601 g/mol. The third-order valence-electron chi connectivity index (χ3n) is 4.94. The van der Waals surface area contributed by atoms with E-state index in [0.717, 1.165) is 31.4 Å². The molecule has 1 radical (unpaired) electrons. The normalized spacial score (nSPS) is 12.0. The van der Waals surface area contributed by atoms with E-state index in [1.165, 1.54) is 5.56 Å². The molecule has 33 heavy (non-hydrogen) atoms. The Labute approximate surface area is 217 Å². The molecule has 6 rings (SSSR count). The predicted molar refractivity (Wildman–Crippen MR) is 135 cm³/mol. The van der Waals surface area contributed by atoms with Gasteiger partial charge in [0.1, 0.15) is 0 Å². The standard InChI is InChI=1S/C17H10NS.C12H10N.Ir/c1-2-10-16-12(6-1)13-7-5-8-14(17(13)19-16)15-9-3-4-11-18-15;1-10-7-8-12(13-9-10)11-5-3-2-4-6-11;/h1-7,9-11H;2-5,7-9H,1H3;/q2*-1;/i3D,4D,9D,11D;;. The van der Waals surface area contributed by atoms with Gasteiger partial charge in [-0.1, -0.05) is 47.8 Å². The van der Waals surface area contributed by atoms with E-state index in [1.54, 1.807) is 17.4 Å². The monoisotopic (exact) mass is 625 g/mol. The molecule has 0 saturated heterocycles. The smallest absolute Gasteiger partial charge is 0.0830 e. The molecule has 3 heterocycles. The van der Waals surface area contributed by atoms with Crippen molar-refractivity contribution in [2.75, 3.05) is 0 Å². The van der Waals surface area contributed by atoms with E-state index in [9.17, 15) is 0 Å². The molecule has 0 fully saturated rings. The van der Waals surface area contributed by atoms with Gasteiger partial charge >= 0.3 is 0 Å². The van der Waals surface area contributed by atoms with E-state index in [-0.39, 0.29) is 50.1 Å². The summed E-state index contributed by atoms with van der Waals surface area (Å²) in [6, 6.07) is 29.3. The molecule has 0 aliphatic heterocycles. The zero-order chi connectivity index (χ0) is 25.2. The zero-order valence-corrected chi connectivity index (χ0v) is 20.9. The van der Waals surface area contributed by atoms with E-state index in [0.29, 0.717) is 5.56 Å². The SMILES string of the molecule is Cc1ccc(-c2[c-]cccc2)nc1.[2H]c1nc(-c2[c-]ccc3c2sc2ccccc23)c([2H])c([2H])c1[2H].[Ir]. The number of thiophene rings is 1. The summed E-state index contributed by atoms with van der Waals surface area (Å²) in [7, 11) is 0. The van der Waals surface area contributed by atoms with Gasteiger partial charge in [-0.05, 0) is 46.1 Å². The largest absolute Gasteiger partial charge is 0.305 e. The van der Waals surface area contributed by atoms with Gasteiger partial charge in [0, 0.05) is 37.2 Å². The Bertz CT molecular complexity index is 1690. The second kappa shape index (κ2) is 10.6. The van der Waals surface area contributed by atoms with Gasteiger partial charge in [-0.25, -0.2) is 0 Å². The summed E-state index contributed by atoms with van der Waals surface area (Å²) in [6.07, 6.45) is 1.59. The number of benzene rings is 3. The molecule has 163 valence electrons. The van der Waals surface area contributed by atoms with Crippen molar-refractivity contribution in [1.82, 2.24) is 9.97 Å². The molecule has 0 aliphatic carbocycles. The van der Waals surface area contributed by atoms with Crippen molar-refractivity contribution in [3.05, 3.63) is 121 Å². The molecule has 6 aromatic rings. The molecule has 3 aromatic heterocycles. The summed E-state index contributed by atoms with van der Waals surface area (Å²) >= 11 is 1.58. The average molecular weight is 625 g/mol. The molecule has 0 N–H and O–H groups in total. The van der Waals surface area contributed by atoms with Gasteiger partial charge in [0.15, 0.2) is 0 Å². The molecule has 0 amide bonds. The minimum atomic E-state index is -0.317. The molecule has 0 saturated carbocycles. The van der Waals surface area contributed by atoms with Gasteiger partial charge in [0.2, 0.25) is 0 Å². The fraction of sp³-hybridized carbons (Fsp3) is 0.0345. The summed E-state index contributed by atoms with van der Waals surface area (Å²) < 4.78 is 33.4. The second-order valence-corrected chi connectivity index (χ2v) is 8.19. The van der Waals surface area contributed by atoms with Gasteiger partial charge < -0.3 is 9.97 Å². The first-order valence-electron chi connectivity index (χ1n) is 12.1. The van der Waals surface area contributed by atoms with E-state index >= 15 is 0 Å². The molecule has 0 atom stereocenters. The maximum atomic E-state index is 8.11. The van der Waals surface area contributed by atoms with E-state index < -0.39 is 0 Å². The van der Waals surface area contributed by atoms with Crippen LogP contribution in [-0.4, -0.2) is 9.97 Å². The fourth-order valence-electron chi connectivity index (χ4n) is 3.39. The fourth-order valence-corrected chi connectivity index (χ4v) is 4.59. The summed E-state index contributed by atoms with van der Waals surface area (Å²) in [6.45, 7) is 2.03. The number of pyridine rings is 2. The molecular formula is C29H20IrN2S-2. The van der Waals surface area contributed by atoms with Crippen LogP contribution in [0.3, 0.4) is 0 Å². The van der Waals surface area contributed by atoms with Crippen molar-refractivity contribution >= 4 is 31.5 Å². The Hall–Kier alpha value is -3.17.